The number of nitrogens with zero attached hydrogens (tertiary/aromatic N) is 1. The highest BCUT2D eigenvalue weighted by Crippen LogP contribution is 2.18. The van der Waals surface area contributed by atoms with Crippen LogP contribution in [0.2, 0.25) is 0 Å². The van der Waals surface area contributed by atoms with E-state index < -0.39 is 0 Å². The van der Waals surface area contributed by atoms with Gasteiger partial charge in [0.1, 0.15) is 0 Å². The number of benzene rings is 2. The number of carbonyl (C=O) groups excluding carboxylic acids is 1. The van der Waals surface area contributed by atoms with E-state index in [0.29, 0.717) is 17.7 Å². The van der Waals surface area contributed by atoms with Crippen molar-refractivity contribution in [1.29, 1.82) is 5.26 Å². The summed E-state index contributed by atoms with van der Waals surface area (Å²) in [5.74, 6) is -0.198. The van der Waals surface area contributed by atoms with Crippen LogP contribution >= 0.6 is 11.6 Å². The lowest BCUT2D eigenvalue weighted by atomic mass is 10.1. The van der Waals surface area contributed by atoms with Crippen LogP contribution in [0.4, 0.5) is 0 Å². The van der Waals surface area contributed by atoms with E-state index in [0.717, 1.165) is 5.56 Å². The van der Waals surface area contributed by atoms with Crippen molar-refractivity contribution in [2.75, 3.05) is 6.54 Å². The summed E-state index contributed by atoms with van der Waals surface area (Å²) in [5, 5.41) is 11.2. The van der Waals surface area contributed by atoms with Gasteiger partial charge in [-0.25, -0.2) is 0 Å². The summed E-state index contributed by atoms with van der Waals surface area (Å²) in [6.07, 6.45) is 0. The van der Waals surface area contributed by atoms with Crippen LogP contribution in [-0.4, -0.2) is 12.5 Å². The van der Waals surface area contributed by atoms with Crippen molar-refractivity contribution in [3.05, 3.63) is 71.3 Å². The van der Waals surface area contributed by atoms with E-state index >= 15 is 0 Å². The highest BCUT2D eigenvalue weighted by Gasteiger charge is 2.10. The molecule has 3 nitrogen and oxygen atoms in total. The van der Waals surface area contributed by atoms with Crippen molar-refractivity contribution in [3.8, 4) is 6.07 Å². The minimum absolute atomic E-state index is 0.198. The van der Waals surface area contributed by atoms with Gasteiger partial charge in [0.2, 0.25) is 0 Å². The number of amides is 1. The molecule has 2 aromatic rings. The molecule has 0 radical (unpaired) electrons. The van der Waals surface area contributed by atoms with Gasteiger partial charge in [0.25, 0.3) is 5.91 Å². The first-order chi connectivity index (χ1) is 9.70. The third kappa shape index (κ3) is 3.59. The molecule has 0 heterocycles. The predicted octanol–water partition coefficient (Wildman–Crippen LogP) is 3.27. The molecule has 0 bridgehead atoms. The highest BCUT2D eigenvalue weighted by molar-refractivity contribution is 6.21. The van der Waals surface area contributed by atoms with Gasteiger partial charge in [-0.3, -0.25) is 4.79 Å². The average Bonchev–Trinajstić information content (AvgIpc) is 2.53. The minimum Gasteiger partial charge on any atom is -0.350 e. The molecule has 0 aliphatic rings. The van der Waals surface area contributed by atoms with E-state index in [1.807, 2.05) is 36.4 Å². The minimum atomic E-state index is -0.265. The second kappa shape index (κ2) is 6.74. The number of rotatable bonds is 4. The highest BCUT2D eigenvalue weighted by atomic mass is 35.5. The smallest absolute Gasteiger partial charge is 0.251 e. The maximum Gasteiger partial charge on any atom is 0.251 e. The fourth-order valence-electron chi connectivity index (χ4n) is 1.76. The molecule has 100 valence electrons. The Kier molecular flexibility index (Phi) is 4.75. The maximum atomic E-state index is 11.9. The van der Waals surface area contributed by atoms with Crippen LogP contribution in [0, 0.1) is 11.3 Å². The van der Waals surface area contributed by atoms with Gasteiger partial charge in [0.05, 0.1) is 17.0 Å². The third-order valence-corrected chi connectivity index (χ3v) is 3.29. The second-order valence-corrected chi connectivity index (χ2v) is 4.80. The number of nitrogens with one attached hydrogen (secondary N) is 1. The standard InChI is InChI=1S/C16H13ClN2O/c17-15(13-4-2-1-3-5-13)11-19-16(20)14-8-6-12(10-18)7-9-14/h1-9,15H,11H2,(H,19,20). The number of hydrogen-bond acceptors (Lipinski definition) is 2. The molecule has 0 spiro atoms. The van der Waals surface area contributed by atoms with E-state index in [2.05, 4.69) is 5.32 Å². The summed E-state index contributed by atoms with van der Waals surface area (Å²) >= 11 is 6.23. The molecule has 2 rings (SSSR count). The average molecular weight is 285 g/mol. The fourth-order valence-corrected chi connectivity index (χ4v) is 1.98. The summed E-state index contributed by atoms with van der Waals surface area (Å²) in [5.41, 5.74) is 2.01. The Labute approximate surface area is 122 Å². The first-order valence-electron chi connectivity index (χ1n) is 6.18. The van der Waals surface area contributed by atoms with Gasteiger partial charge < -0.3 is 5.32 Å². The molecule has 0 fully saturated rings. The molecule has 1 N–H and O–H groups in total. The number of alkyl halides is 1. The van der Waals surface area contributed by atoms with E-state index in [-0.39, 0.29) is 11.3 Å². The molecule has 1 unspecified atom stereocenters. The van der Waals surface area contributed by atoms with Gasteiger partial charge in [-0.1, -0.05) is 30.3 Å². The summed E-state index contributed by atoms with van der Waals surface area (Å²) < 4.78 is 0. The monoisotopic (exact) mass is 284 g/mol. The fraction of sp³-hybridized carbons (Fsp3) is 0.125. The van der Waals surface area contributed by atoms with Crippen molar-refractivity contribution in [2.45, 2.75) is 5.38 Å². The number of nitriles is 1. The molecule has 1 atom stereocenters. The topological polar surface area (TPSA) is 52.9 Å². The van der Waals surface area contributed by atoms with Crippen LogP contribution in [0.15, 0.2) is 54.6 Å². The molecule has 0 saturated heterocycles. The zero-order valence-corrected chi connectivity index (χ0v) is 11.5. The zero-order valence-electron chi connectivity index (χ0n) is 10.7. The van der Waals surface area contributed by atoms with Gasteiger partial charge in [-0.15, -0.1) is 11.6 Å². The van der Waals surface area contributed by atoms with E-state index in [1.165, 1.54) is 0 Å². The summed E-state index contributed by atoms with van der Waals surface area (Å²) in [4.78, 5) is 11.9. The van der Waals surface area contributed by atoms with Crippen LogP contribution in [0.5, 0.6) is 0 Å². The molecule has 2 aromatic carbocycles. The lowest BCUT2D eigenvalue weighted by molar-refractivity contribution is 0.0953. The van der Waals surface area contributed by atoms with Gasteiger partial charge in [0, 0.05) is 12.1 Å². The Bertz CT molecular complexity index is 617. The van der Waals surface area contributed by atoms with Crippen molar-refractivity contribution in [3.63, 3.8) is 0 Å². The summed E-state index contributed by atoms with van der Waals surface area (Å²) in [6, 6.07) is 18.1. The van der Waals surface area contributed by atoms with Crippen LogP contribution in [0.25, 0.3) is 0 Å². The van der Waals surface area contributed by atoms with Gasteiger partial charge >= 0.3 is 0 Å². The molecular formula is C16H13ClN2O. The summed E-state index contributed by atoms with van der Waals surface area (Å²) in [7, 11) is 0. The van der Waals surface area contributed by atoms with Crippen LogP contribution < -0.4 is 5.32 Å². The molecule has 1 amide bonds. The van der Waals surface area contributed by atoms with E-state index in [9.17, 15) is 4.79 Å². The van der Waals surface area contributed by atoms with Gasteiger partial charge in [-0.05, 0) is 29.8 Å². The quantitative estimate of drug-likeness (QED) is 0.876. The molecule has 0 aliphatic heterocycles. The Hall–Kier alpha value is -2.31. The number of hydrogen-bond donors (Lipinski definition) is 1. The van der Waals surface area contributed by atoms with Crippen LogP contribution in [0.3, 0.4) is 0 Å². The maximum absolute atomic E-state index is 11.9. The Morgan fingerprint density at radius 2 is 1.80 bits per heavy atom. The van der Waals surface area contributed by atoms with E-state index in [1.54, 1.807) is 24.3 Å². The molecule has 20 heavy (non-hydrogen) atoms. The van der Waals surface area contributed by atoms with Gasteiger partial charge in [-0.2, -0.15) is 5.26 Å². The molecule has 0 aromatic heterocycles. The van der Waals surface area contributed by atoms with E-state index in [4.69, 9.17) is 16.9 Å². The number of halogens is 1. The number of carbonyl (C=O) groups is 1. The summed E-state index contributed by atoms with van der Waals surface area (Å²) in [6.45, 7) is 0.352. The van der Waals surface area contributed by atoms with Crippen LogP contribution in [0.1, 0.15) is 26.9 Å². The van der Waals surface area contributed by atoms with Crippen molar-refractivity contribution in [1.82, 2.24) is 5.32 Å². The Balaban J connectivity index is 1.93. The van der Waals surface area contributed by atoms with Gasteiger partial charge in [0.15, 0.2) is 0 Å². The van der Waals surface area contributed by atoms with Crippen LogP contribution in [-0.2, 0) is 0 Å². The van der Waals surface area contributed by atoms with Crippen molar-refractivity contribution < 1.29 is 4.79 Å². The molecule has 0 aliphatic carbocycles. The van der Waals surface area contributed by atoms with Crippen molar-refractivity contribution >= 4 is 17.5 Å². The normalized spacial score (nSPS) is 11.4. The third-order valence-electron chi connectivity index (χ3n) is 2.88. The second-order valence-electron chi connectivity index (χ2n) is 4.28. The van der Waals surface area contributed by atoms with Crippen molar-refractivity contribution in [2.24, 2.45) is 0 Å². The largest absolute Gasteiger partial charge is 0.350 e. The molecule has 4 heteroatoms. The first-order valence-corrected chi connectivity index (χ1v) is 6.61. The first kappa shape index (κ1) is 14.1. The molecular weight excluding hydrogens is 272 g/mol. The molecule has 0 saturated carbocycles. The lowest BCUT2D eigenvalue weighted by Gasteiger charge is -2.11. The lowest BCUT2D eigenvalue weighted by Crippen LogP contribution is -2.26. The SMILES string of the molecule is N#Cc1ccc(C(=O)NCC(Cl)c2ccccc2)cc1. The Morgan fingerprint density at radius 3 is 2.40 bits per heavy atom. The Morgan fingerprint density at radius 1 is 1.15 bits per heavy atom. The predicted molar refractivity (Wildman–Crippen MR) is 78.5 cm³/mol. The zero-order chi connectivity index (χ0) is 14.4.